The van der Waals surface area contributed by atoms with E-state index in [1.165, 1.54) is 12.5 Å². The standard InChI is InChI=1S/C8H12N2O2/c1-8(2,3)7(11)12-6-4-9-5-10-6/h4-5H,1-3H3,(H,9,10). The zero-order chi connectivity index (χ0) is 9.19. The molecule has 0 aliphatic rings. The molecule has 0 aliphatic heterocycles. The number of esters is 1. The van der Waals surface area contributed by atoms with Gasteiger partial charge in [-0.05, 0) is 20.8 Å². The van der Waals surface area contributed by atoms with Gasteiger partial charge in [-0.3, -0.25) is 4.79 Å². The first kappa shape index (κ1) is 8.77. The molecule has 0 saturated heterocycles. The van der Waals surface area contributed by atoms with E-state index in [0.29, 0.717) is 5.88 Å². The van der Waals surface area contributed by atoms with Gasteiger partial charge in [0, 0.05) is 0 Å². The third kappa shape index (κ3) is 2.08. The van der Waals surface area contributed by atoms with Crippen LogP contribution >= 0.6 is 0 Å². The third-order valence-electron chi connectivity index (χ3n) is 1.29. The lowest BCUT2D eigenvalue weighted by Crippen LogP contribution is -2.25. The van der Waals surface area contributed by atoms with Crippen molar-refractivity contribution >= 4 is 5.97 Å². The van der Waals surface area contributed by atoms with E-state index < -0.39 is 5.41 Å². The first-order valence-corrected chi connectivity index (χ1v) is 3.71. The molecule has 1 aromatic heterocycles. The van der Waals surface area contributed by atoms with Crippen LogP contribution in [-0.4, -0.2) is 15.9 Å². The summed E-state index contributed by atoms with van der Waals surface area (Å²) in [5.41, 5.74) is -0.481. The summed E-state index contributed by atoms with van der Waals surface area (Å²) < 4.78 is 4.96. The maximum Gasteiger partial charge on any atom is 0.317 e. The van der Waals surface area contributed by atoms with Crippen molar-refractivity contribution in [2.24, 2.45) is 5.41 Å². The lowest BCUT2D eigenvalue weighted by atomic mass is 9.97. The van der Waals surface area contributed by atoms with Crippen molar-refractivity contribution in [3.05, 3.63) is 12.5 Å². The van der Waals surface area contributed by atoms with Crippen molar-refractivity contribution in [3.63, 3.8) is 0 Å². The molecular formula is C8H12N2O2. The zero-order valence-electron chi connectivity index (χ0n) is 7.42. The number of ether oxygens (including phenoxy) is 1. The largest absolute Gasteiger partial charge is 0.407 e. The number of aromatic amines is 1. The molecule has 1 rings (SSSR count). The molecule has 66 valence electrons. The summed E-state index contributed by atoms with van der Waals surface area (Å²) in [5, 5.41) is 0. The highest BCUT2D eigenvalue weighted by atomic mass is 16.5. The van der Waals surface area contributed by atoms with Gasteiger partial charge in [0.2, 0.25) is 5.88 Å². The molecule has 0 aliphatic carbocycles. The van der Waals surface area contributed by atoms with E-state index >= 15 is 0 Å². The number of carbonyl (C=O) groups is 1. The van der Waals surface area contributed by atoms with Crippen LogP contribution in [0.25, 0.3) is 0 Å². The maximum atomic E-state index is 11.3. The Hall–Kier alpha value is -1.32. The second kappa shape index (κ2) is 2.97. The van der Waals surface area contributed by atoms with Crippen molar-refractivity contribution < 1.29 is 9.53 Å². The maximum absolute atomic E-state index is 11.3. The molecule has 0 radical (unpaired) electrons. The van der Waals surface area contributed by atoms with Crippen molar-refractivity contribution in [2.75, 3.05) is 0 Å². The van der Waals surface area contributed by atoms with Gasteiger partial charge in [-0.15, -0.1) is 0 Å². The molecule has 1 heterocycles. The predicted octanol–water partition coefficient (Wildman–Crippen LogP) is 1.36. The molecule has 4 heteroatoms. The molecule has 0 saturated carbocycles. The Bertz CT molecular complexity index is 259. The van der Waals surface area contributed by atoms with Gasteiger partial charge in [0.25, 0.3) is 0 Å². The fourth-order valence-corrected chi connectivity index (χ4v) is 0.552. The Morgan fingerprint density at radius 1 is 1.58 bits per heavy atom. The highest BCUT2D eigenvalue weighted by Gasteiger charge is 2.23. The summed E-state index contributed by atoms with van der Waals surface area (Å²) in [6, 6.07) is 0. The van der Waals surface area contributed by atoms with Crippen LogP contribution in [0, 0.1) is 5.41 Å². The van der Waals surface area contributed by atoms with Gasteiger partial charge in [-0.1, -0.05) is 0 Å². The van der Waals surface area contributed by atoms with Crippen LogP contribution < -0.4 is 4.74 Å². The predicted molar refractivity (Wildman–Crippen MR) is 43.7 cm³/mol. The molecule has 0 spiro atoms. The van der Waals surface area contributed by atoms with Gasteiger partial charge in [-0.25, -0.2) is 4.98 Å². The van der Waals surface area contributed by atoms with Gasteiger partial charge in [-0.2, -0.15) is 0 Å². The minimum Gasteiger partial charge on any atom is -0.407 e. The smallest absolute Gasteiger partial charge is 0.317 e. The van der Waals surface area contributed by atoms with Crippen molar-refractivity contribution in [2.45, 2.75) is 20.8 Å². The fourth-order valence-electron chi connectivity index (χ4n) is 0.552. The van der Waals surface area contributed by atoms with E-state index in [9.17, 15) is 4.79 Å². The number of rotatable bonds is 1. The van der Waals surface area contributed by atoms with Crippen molar-refractivity contribution in [3.8, 4) is 5.88 Å². The highest BCUT2D eigenvalue weighted by Crippen LogP contribution is 2.16. The Morgan fingerprint density at radius 3 is 2.67 bits per heavy atom. The summed E-state index contributed by atoms with van der Waals surface area (Å²) in [6.45, 7) is 5.39. The minimum absolute atomic E-state index is 0.272. The summed E-state index contributed by atoms with van der Waals surface area (Å²) in [6.07, 6.45) is 2.93. The number of nitrogens with zero attached hydrogens (tertiary/aromatic N) is 1. The summed E-state index contributed by atoms with van der Waals surface area (Å²) in [4.78, 5) is 17.7. The van der Waals surface area contributed by atoms with E-state index in [2.05, 4.69) is 9.97 Å². The first-order valence-electron chi connectivity index (χ1n) is 3.71. The van der Waals surface area contributed by atoms with Crippen LogP contribution in [0.5, 0.6) is 5.88 Å². The lowest BCUT2D eigenvalue weighted by Gasteiger charge is -2.14. The molecule has 0 fully saturated rings. The molecule has 0 unspecified atom stereocenters. The second-order valence-corrected chi connectivity index (χ2v) is 3.56. The molecular weight excluding hydrogens is 156 g/mol. The Kier molecular flexibility index (Phi) is 2.17. The molecule has 1 aromatic rings. The van der Waals surface area contributed by atoms with Crippen molar-refractivity contribution in [1.29, 1.82) is 0 Å². The summed E-state index contributed by atoms with van der Waals surface area (Å²) in [5.74, 6) is 0.113. The number of nitrogens with one attached hydrogen (secondary N) is 1. The SMILES string of the molecule is CC(C)(C)C(=O)Oc1cnc[nH]1. The van der Waals surface area contributed by atoms with E-state index in [-0.39, 0.29) is 5.97 Å². The Balaban J connectivity index is 2.60. The topological polar surface area (TPSA) is 55.0 Å². The summed E-state index contributed by atoms with van der Waals surface area (Å²) >= 11 is 0. The van der Waals surface area contributed by atoms with Gasteiger partial charge in [0.05, 0.1) is 17.9 Å². The number of imidazole rings is 1. The molecule has 1 N–H and O–H groups in total. The lowest BCUT2D eigenvalue weighted by molar-refractivity contribution is -0.143. The van der Waals surface area contributed by atoms with E-state index in [1.54, 1.807) is 20.8 Å². The quantitative estimate of drug-likeness (QED) is 0.644. The number of carbonyl (C=O) groups excluding carboxylic acids is 1. The number of H-pyrrole nitrogens is 1. The molecule has 4 nitrogen and oxygen atoms in total. The molecule has 0 atom stereocenters. The Morgan fingerprint density at radius 2 is 2.25 bits per heavy atom. The average molecular weight is 168 g/mol. The van der Waals surface area contributed by atoms with Gasteiger partial charge >= 0.3 is 5.97 Å². The number of hydrogen-bond donors (Lipinski definition) is 1. The first-order chi connectivity index (χ1) is 5.50. The van der Waals surface area contributed by atoms with Crippen LogP contribution in [-0.2, 0) is 4.79 Å². The normalized spacial score (nSPS) is 11.2. The van der Waals surface area contributed by atoms with Gasteiger partial charge in [0.1, 0.15) is 0 Å². The fraction of sp³-hybridized carbons (Fsp3) is 0.500. The van der Waals surface area contributed by atoms with Gasteiger partial charge < -0.3 is 9.72 Å². The van der Waals surface area contributed by atoms with Crippen LogP contribution in [0.4, 0.5) is 0 Å². The Labute approximate surface area is 71.0 Å². The van der Waals surface area contributed by atoms with E-state index in [4.69, 9.17) is 4.74 Å². The van der Waals surface area contributed by atoms with Crippen LogP contribution in [0.3, 0.4) is 0 Å². The van der Waals surface area contributed by atoms with Crippen LogP contribution in [0.15, 0.2) is 12.5 Å². The zero-order valence-corrected chi connectivity index (χ0v) is 7.42. The van der Waals surface area contributed by atoms with Gasteiger partial charge in [0.15, 0.2) is 0 Å². The molecule has 0 bridgehead atoms. The number of hydrogen-bond acceptors (Lipinski definition) is 3. The van der Waals surface area contributed by atoms with E-state index in [1.807, 2.05) is 0 Å². The van der Waals surface area contributed by atoms with E-state index in [0.717, 1.165) is 0 Å². The van der Waals surface area contributed by atoms with Crippen LogP contribution in [0.2, 0.25) is 0 Å². The second-order valence-electron chi connectivity index (χ2n) is 3.56. The average Bonchev–Trinajstić information content (AvgIpc) is 2.37. The van der Waals surface area contributed by atoms with Crippen molar-refractivity contribution in [1.82, 2.24) is 9.97 Å². The molecule has 0 amide bonds. The number of aromatic nitrogens is 2. The highest BCUT2D eigenvalue weighted by molar-refractivity contribution is 5.77. The third-order valence-corrected chi connectivity index (χ3v) is 1.29. The summed E-state index contributed by atoms with van der Waals surface area (Å²) in [7, 11) is 0. The van der Waals surface area contributed by atoms with Crippen LogP contribution in [0.1, 0.15) is 20.8 Å². The molecule has 12 heavy (non-hydrogen) atoms. The monoisotopic (exact) mass is 168 g/mol. The molecule has 0 aromatic carbocycles. The minimum atomic E-state index is -0.481.